The number of para-hydroxylation sites is 2. The smallest absolute Gasteiger partial charge is 0.164 e. The molecule has 0 fully saturated rings. The lowest BCUT2D eigenvalue weighted by Gasteiger charge is -2.15. The topological polar surface area (TPSA) is 65.0 Å². The maximum absolute atomic E-state index is 6.73. The van der Waals surface area contributed by atoms with E-state index in [1.54, 1.807) is 0 Å². The fourth-order valence-electron chi connectivity index (χ4n) is 7.13. The van der Waals surface area contributed by atoms with Crippen LogP contribution in [0.5, 0.6) is 0 Å². The van der Waals surface area contributed by atoms with Gasteiger partial charge in [-0.1, -0.05) is 109 Å². The summed E-state index contributed by atoms with van der Waals surface area (Å²) in [4.78, 5) is 15.4. The first-order valence-electron chi connectivity index (χ1n) is 16.2. The zero-order valence-corrected chi connectivity index (χ0v) is 25.8. The van der Waals surface area contributed by atoms with E-state index < -0.39 is 0 Å². The van der Waals surface area contributed by atoms with Crippen LogP contribution in [0.3, 0.4) is 0 Å². The molecule has 226 valence electrons. The SMILES string of the molecule is C1=CCC(c2nc(-c3ccc4ccccc4c3)nc(-c3ccc(-c4cccc5oc6ccccc6c45)c4oc5ccccc5c34)n2)C=C1. The van der Waals surface area contributed by atoms with Crippen LogP contribution in [0.1, 0.15) is 18.2 Å². The van der Waals surface area contributed by atoms with Gasteiger partial charge in [-0.05, 0) is 59.2 Å². The molecule has 9 aromatic rings. The van der Waals surface area contributed by atoms with E-state index in [0.717, 1.165) is 83.8 Å². The molecule has 48 heavy (non-hydrogen) atoms. The summed E-state index contributed by atoms with van der Waals surface area (Å²) in [6.45, 7) is 0. The van der Waals surface area contributed by atoms with Crippen molar-refractivity contribution in [1.29, 1.82) is 0 Å². The number of hydrogen-bond donors (Lipinski definition) is 0. The highest BCUT2D eigenvalue weighted by Crippen LogP contribution is 2.44. The molecule has 0 spiro atoms. The number of aromatic nitrogens is 3. The van der Waals surface area contributed by atoms with Crippen LogP contribution < -0.4 is 0 Å². The Labute approximate surface area is 275 Å². The second-order valence-corrected chi connectivity index (χ2v) is 12.3. The molecule has 0 radical (unpaired) electrons. The van der Waals surface area contributed by atoms with Crippen LogP contribution >= 0.6 is 0 Å². The number of nitrogens with zero attached hydrogens (tertiary/aromatic N) is 3. The first-order chi connectivity index (χ1) is 23.8. The van der Waals surface area contributed by atoms with Crippen molar-refractivity contribution in [3.05, 3.63) is 151 Å². The van der Waals surface area contributed by atoms with E-state index in [2.05, 4.69) is 109 Å². The maximum Gasteiger partial charge on any atom is 0.164 e. The molecular weight excluding hydrogens is 590 g/mol. The first kappa shape index (κ1) is 26.8. The number of benzene rings is 6. The predicted molar refractivity (Wildman–Crippen MR) is 194 cm³/mol. The van der Waals surface area contributed by atoms with Crippen molar-refractivity contribution in [3.8, 4) is 33.9 Å². The molecule has 3 heterocycles. The monoisotopic (exact) mass is 617 g/mol. The van der Waals surface area contributed by atoms with Crippen molar-refractivity contribution < 1.29 is 8.83 Å². The van der Waals surface area contributed by atoms with E-state index in [1.807, 2.05) is 36.4 Å². The molecule has 6 aromatic carbocycles. The van der Waals surface area contributed by atoms with Crippen LogP contribution in [0, 0.1) is 0 Å². The lowest BCUT2D eigenvalue weighted by Crippen LogP contribution is -2.08. The second kappa shape index (κ2) is 10.6. The van der Waals surface area contributed by atoms with Crippen LogP contribution in [-0.2, 0) is 0 Å². The van der Waals surface area contributed by atoms with Crippen molar-refractivity contribution in [1.82, 2.24) is 15.0 Å². The minimum Gasteiger partial charge on any atom is -0.456 e. The Morgan fingerprint density at radius 1 is 0.521 bits per heavy atom. The molecular formula is C43H27N3O2. The lowest BCUT2D eigenvalue weighted by molar-refractivity contribution is 0.668. The molecule has 1 aliphatic rings. The fourth-order valence-corrected chi connectivity index (χ4v) is 7.13. The number of hydrogen-bond acceptors (Lipinski definition) is 5. The van der Waals surface area contributed by atoms with Crippen LogP contribution in [-0.4, -0.2) is 15.0 Å². The summed E-state index contributed by atoms with van der Waals surface area (Å²) >= 11 is 0. The summed E-state index contributed by atoms with van der Waals surface area (Å²) in [5, 5.41) is 6.47. The van der Waals surface area contributed by atoms with Gasteiger partial charge in [-0.25, -0.2) is 15.0 Å². The minimum atomic E-state index is 0.0544. The van der Waals surface area contributed by atoms with E-state index in [0.29, 0.717) is 11.6 Å². The van der Waals surface area contributed by atoms with E-state index in [9.17, 15) is 0 Å². The highest BCUT2D eigenvalue weighted by Gasteiger charge is 2.23. The van der Waals surface area contributed by atoms with Crippen molar-refractivity contribution in [2.45, 2.75) is 12.3 Å². The molecule has 0 aliphatic heterocycles. The third-order valence-corrected chi connectivity index (χ3v) is 9.43. The molecule has 0 amide bonds. The number of allylic oxidation sites excluding steroid dienone is 4. The fraction of sp³-hybridized carbons (Fsp3) is 0.0465. The Hall–Kier alpha value is -6.33. The van der Waals surface area contributed by atoms with Crippen LogP contribution in [0.15, 0.2) is 154 Å². The molecule has 1 atom stereocenters. The molecule has 10 rings (SSSR count). The second-order valence-electron chi connectivity index (χ2n) is 12.3. The number of fused-ring (bicyclic) bond motifs is 7. The van der Waals surface area contributed by atoms with Gasteiger partial charge >= 0.3 is 0 Å². The van der Waals surface area contributed by atoms with E-state index in [1.165, 1.54) is 5.39 Å². The Morgan fingerprint density at radius 3 is 2.10 bits per heavy atom. The van der Waals surface area contributed by atoms with Gasteiger partial charge in [-0.3, -0.25) is 0 Å². The zero-order chi connectivity index (χ0) is 31.6. The Bertz CT molecular complexity index is 2780. The number of rotatable bonds is 4. The molecule has 0 N–H and O–H groups in total. The molecule has 1 unspecified atom stereocenters. The van der Waals surface area contributed by atoms with Gasteiger partial charge in [0.2, 0.25) is 0 Å². The summed E-state index contributed by atoms with van der Waals surface area (Å²) in [5.74, 6) is 2.09. The van der Waals surface area contributed by atoms with Crippen LogP contribution in [0.25, 0.3) is 88.6 Å². The van der Waals surface area contributed by atoms with Gasteiger partial charge in [0.05, 0.1) is 0 Å². The Morgan fingerprint density at radius 2 is 1.25 bits per heavy atom. The van der Waals surface area contributed by atoms with E-state index in [-0.39, 0.29) is 5.92 Å². The summed E-state index contributed by atoms with van der Waals surface area (Å²) in [7, 11) is 0. The molecule has 3 aromatic heterocycles. The zero-order valence-electron chi connectivity index (χ0n) is 25.8. The van der Waals surface area contributed by atoms with Crippen molar-refractivity contribution in [2.75, 3.05) is 0 Å². The highest BCUT2D eigenvalue weighted by atomic mass is 16.3. The minimum absolute atomic E-state index is 0.0544. The third kappa shape index (κ3) is 4.21. The average Bonchev–Trinajstić information content (AvgIpc) is 3.74. The van der Waals surface area contributed by atoms with Gasteiger partial charge in [0.15, 0.2) is 11.6 Å². The predicted octanol–water partition coefficient (Wildman–Crippen LogP) is 11.4. The highest BCUT2D eigenvalue weighted by molar-refractivity contribution is 6.20. The average molecular weight is 618 g/mol. The van der Waals surface area contributed by atoms with E-state index in [4.69, 9.17) is 23.8 Å². The van der Waals surface area contributed by atoms with Gasteiger partial charge in [-0.2, -0.15) is 0 Å². The molecule has 0 bridgehead atoms. The van der Waals surface area contributed by atoms with Gasteiger partial charge in [0.25, 0.3) is 0 Å². The molecule has 1 aliphatic carbocycles. The Balaban J connectivity index is 1.24. The maximum atomic E-state index is 6.73. The van der Waals surface area contributed by atoms with Crippen molar-refractivity contribution in [3.63, 3.8) is 0 Å². The first-order valence-corrected chi connectivity index (χ1v) is 16.2. The van der Waals surface area contributed by atoms with Crippen LogP contribution in [0.2, 0.25) is 0 Å². The van der Waals surface area contributed by atoms with Gasteiger partial charge in [-0.15, -0.1) is 0 Å². The summed E-state index contributed by atoms with van der Waals surface area (Å²) < 4.78 is 13.0. The van der Waals surface area contributed by atoms with E-state index >= 15 is 0 Å². The largest absolute Gasteiger partial charge is 0.456 e. The van der Waals surface area contributed by atoms with Crippen molar-refractivity contribution in [2.24, 2.45) is 0 Å². The van der Waals surface area contributed by atoms with Gasteiger partial charge in [0, 0.05) is 44.2 Å². The summed E-state index contributed by atoms with van der Waals surface area (Å²) in [5.41, 5.74) is 7.23. The molecule has 0 saturated carbocycles. The third-order valence-electron chi connectivity index (χ3n) is 9.43. The molecule has 5 nitrogen and oxygen atoms in total. The number of furan rings is 2. The van der Waals surface area contributed by atoms with Gasteiger partial charge in [0.1, 0.15) is 28.2 Å². The summed E-state index contributed by atoms with van der Waals surface area (Å²) in [6.07, 6.45) is 9.32. The molecule has 0 saturated heterocycles. The van der Waals surface area contributed by atoms with Gasteiger partial charge < -0.3 is 8.83 Å². The molecule has 5 heteroatoms. The van der Waals surface area contributed by atoms with Crippen LogP contribution in [0.4, 0.5) is 0 Å². The lowest BCUT2D eigenvalue weighted by atomic mass is 9.95. The van der Waals surface area contributed by atoms with Crippen molar-refractivity contribution >= 4 is 54.6 Å². The quantitative estimate of drug-likeness (QED) is 0.197. The summed E-state index contributed by atoms with van der Waals surface area (Å²) in [6, 6.07) is 41.6. The Kier molecular flexibility index (Phi) is 5.93. The standard InChI is InChI=1S/C43H27N3O2/c1-2-12-27(13-3-1)41-44-42(29-22-21-26-11-4-5-14-28(26)25-29)46-43(45-41)34-24-23-31(40-39(34)33-16-7-9-19-36(33)48-40)30-17-10-20-37-38(30)32-15-6-8-18-35(32)47-37/h1-12,14-25,27H,13H2. The normalized spacial score (nSPS) is 14.6.